The van der Waals surface area contributed by atoms with Crippen molar-refractivity contribution in [2.45, 2.75) is 0 Å². The zero-order valence-electron chi connectivity index (χ0n) is 14.0. The van der Waals surface area contributed by atoms with Crippen LogP contribution < -0.4 is 15.0 Å². The van der Waals surface area contributed by atoms with Crippen LogP contribution in [0, 0.1) is 0 Å². The number of nitrogens with zero attached hydrogens (tertiary/aromatic N) is 1. The van der Waals surface area contributed by atoms with Gasteiger partial charge in [0.15, 0.2) is 5.88 Å². The molecular weight excluding hydrogens is 316 g/mol. The smallest absolute Gasteiger partial charge is 0.258 e. The molecule has 0 amide bonds. The fraction of sp³-hybridized carbons (Fsp3) is 0.100. The summed E-state index contributed by atoms with van der Waals surface area (Å²) in [6, 6.07) is 17.1. The number of aromatic amines is 1. The Kier molecular flexibility index (Phi) is 4.95. The molecule has 2 aromatic heterocycles. The molecule has 0 spiro atoms. The number of fused-ring (bicyclic) bond motifs is 2. The standard InChI is InChI=1S/C10H9NO2.C10H9NO/c1-13-9-6-7-4-2-3-5-8(7)10(12)11-9;1-12-10-3-2-9-7-11-5-4-8(9)6-10/h2-6H,1H3,(H,11,12);2-7H,1H3. The number of nitrogens with one attached hydrogen (secondary N) is 1. The van der Waals surface area contributed by atoms with Gasteiger partial charge in [-0.15, -0.1) is 0 Å². The maximum atomic E-state index is 11.4. The predicted octanol–water partition coefficient (Wildman–Crippen LogP) is 3.78. The third-order valence-corrected chi connectivity index (χ3v) is 3.80. The van der Waals surface area contributed by atoms with Gasteiger partial charge in [-0.3, -0.25) is 14.8 Å². The van der Waals surface area contributed by atoms with E-state index in [9.17, 15) is 4.79 Å². The van der Waals surface area contributed by atoms with Gasteiger partial charge in [0.25, 0.3) is 5.56 Å². The molecule has 0 saturated carbocycles. The summed E-state index contributed by atoms with van der Waals surface area (Å²) in [7, 11) is 3.20. The highest BCUT2D eigenvalue weighted by atomic mass is 16.5. The summed E-state index contributed by atoms with van der Waals surface area (Å²) in [4.78, 5) is 18.1. The lowest BCUT2D eigenvalue weighted by Crippen LogP contribution is -2.06. The van der Waals surface area contributed by atoms with Gasteiger partial charge in [0.2, 0.25) is 0 Å². The fourth-order valence-electron chi connectivity index (χ4n) is 2.48. The molecule has 0 atom stereocenters. The van der Waals surface area contributed by atoms with Crippen molar-refractivity contribution >= 4 is 21.5 Å². The molecule has 0 radical (unpaired) electrons. The molecule has 2 aromatic carbocycles. The van der Waals surface area contributed by atoms with E-state index in [0.29, 0.717) is 11.3 Å². The van der Waals surface area contributed by atoms with Crippen molar-refractivity contribution in [1.29, 1.82) is 0 Å². The Morgan fingerprint density at radius 2 is 1.72 bits per heavy atom. The molecule has 5 heteroatoms. The number of hydrogen-bond acceptors (Lipinski definition) is 4. The molecule has 0 unspecified atom stereocenters. The first-order valence-corrected chi connectivity index (χ1v) is 7.75. The van der Waals surface area contributed by atoms with Crippen LogP contribution in [0.3, 0.4) is 0 Å². The van der Waals surface area contributed by atoms with Gasteiger partial charge in [-0.05, 0) is 41.1 Å². The van der Waals surface area contributed by atoms with Gasteiger partial charge in [-0.1, -0.05) is 18.2 Å². The summed E-state index contributed by atoms with van der Waals surface area (Å²) >= 11 is 0. The molecular formula is C20H18N2O3. The number of aromatic nitrogens is 2. The predicted molar refractivity (Wildman–Crippen MR) is 99.4 cm³/mol. The van der Waals surface area contributed by atoms with E-state index in [4.69, 9.17) is 9.47 Å². The van der Waals surface area contributed by atoms with Crippen molar-refractivity contribution in [3.8, 4) is 11.6 Å². The second-order valence-corrected chi connectivity index (χ2v) is 5.34. The SMILES string of the molecule is COc1cc2ccccc2c(=O)[nH]1.COc1ccc2cnccc2c1. The average molecular weight is 334 g/mol. The summed E-state index contributed by atoms with van der Waals surface area (Å²) in [6.07, 6.45) is 3.62. The number of ether oxygens (including phenoxy) is 2. The summed E-state index contributed by atoms with van der Waals surface area (Å²) in [5.74, 6) is 1.37. The molecule has 0 aliphatic heterocycles. The van der Waals surface area contributed by atoms with Crippen LogP contribution in [0.4, 0.5) is 0 Å². The second-order valence-electron chi connectivity index (χ2n) is 5.34. The first kappa shape index (κ1) is 16.5. The van der Waals surface area contributed by atoms with Crippen molar-refractivity contribution in [2.24, 2.45) is 0 Å². The van der Waals surface area contributed by atoms with Crippen LogP contribution in [0.15, 0.2) is 71.8 Å². The van der Waals surface area contributed by atoms with E-state index >= 15 is 0 Å². The lowest BCUT2D eigenvalue weighted by molar-refractivity contribution is 0.397. The van der Waals surface area contributed by atoms with Gasteiger partial charge in [0, 0.05) is 29.2 Å². The Morgan fingerprint density at radius 3 is 2.52 bits per heavy atom. The molecule has 25 heavy (non-hydrogen) atoms. The van der Waals surface area contributed by atoms with Crippen LogP contribution in [0.5, 0.6) is 11.6 Å². The highest BCUT2D eigenvalue weighted by Crippen LogP contribution is 2.18. The van der Waals surface area contributed by atoms with Gasteiger partial charge in [-0.25, -0.2) is 0 Å². The number of pyridine rings is 2. The van der Waals surface area contributed by atoms with E-state index in [1.165, 1.54) is 7.11 Å². The third-order valence-electron chi connectivity index (χ3n) is 3.80. The summed E-state index contributed by atoms with van der Waals surface area (Å²) < 4.78 is 10.0. The van der Waals surface area contributed by atoms with Crippen molar-refractivity contribution in [3.63, 3.8) is 0 Å². The van der Waals surface area contributed by atoms with E-state index in [0.717, 1.165) is 21.9 Å². The lowest BCUT2D eigenvalue weighted by atomic mass is 10.2. The fourth-order valence-corrected chi connectivity index (χ4v) is 2.48. The third kappa shape index (κ3) is 3.77. The number of H-pyrrole nitrogens is 1. The van der Waals surface area contributed by atoms with Gasteiger partial charge in [0.05, 0.1) is 14.2 Å². The summed E-state index contributed by atoms with van der Waals surface area (Å²) in [5.41, 5.74) is -0.116. The molecule has 2 heterocycles. The highest BCUT2D eigenvalue weighted by molar-refractivity contribution is 5.83. The molecule has 1 N–H and O–H groups in total. The maximum Gasteiger partial charge on any atom is 0.258 e. The van der Waals surface area contributed by atoms with E-state index in [1.54, 1.807) is 25.4 Å². The topological polar surface area (TPSA) is 64.2 Å². The van der Waals surface area contributed by atoms with Gasteiger partial charge in [-0.2, -0.15) is 0 Å². The highest BCUT2D eigenvalue weighted by Gasteiger charge is 1.99. The minimum Gasteiger partial charge on any atom is -0.497 e. The monoisotopic (exact) mass is 334 g/mol. The Bertz CT molecular complexity index is 1060. The summed E-state index contributed by atoms with van der Waals surface area (Å²) in [6.45, 7) is 0. The molecule has 0 aliphatic rings. The van der Waals surface area contributed by atoms with Gasteiger partial charge < -0.3 is 9.47 Å². The Morgan fingerprint density at radius 1 is 0.880 bits per heavy atom. The van der Waals surface area contributed by atoms with E-state index in [-0.39, 0.29) is 5.56 Å². The molecule has 0 fully saturated rings. The van der Waals surface area contributed by atoms with Crippen LogP contribution in [-0.2, 0) is 0 Å². The molecule has 0 bridgehead atoms. The summed E-state index contributed by atoms with van der Waals surface area (Å²) in [5, 5.41) is 3.87. The van der Waals surface area contributed by atoms with Crippen LogP contribution in [-0.4, -0.2) is 24.2 Å². The molecule has 5 nitrogen and oxygen atoms in total. The molecule has 0 aliphatic carbocycles. The van der Waals surface area contributed by atoms with Crippen LogP contribution in [0.2, 0.25) is 0 Å². The molecule has 0 saturated heterocycles. The zero-order valence-corrected chi connectivity index (χ0v) is 14.0. The van der Waals surface area contributed by atoms with E-state index < -0.39 is 0 Å². The van der Waals surface area contributed by atoms with E-state index in [1.807, 2.05) is 48.7 Å². The van der Waals surface area contributed by atoms with Gasteiger partial charge >= 0.3 is 0 Å². The Balaban J connectivity index is 0.000000146. The number of methoxy groups -OCH3 is 2. The number of hydrogen-bond donors (Lipinski definition) is 1. The zero-order chi connectivity index (χ0) is 17.6. The second kappa shape index (κ2) is 7.49. The Hall–Kier alpha value is -3.34. The minimum atomic E-state index is -0.116. The minimum absolute atomic E-state index is 0.116. The molecule has 4 aromatic rings. The first-order valence-electron chi connectivity index (χ1n) is 7.75. The van der Waals surface area contributed by atoms with Crippen molar-refractivity contribution in [1.82, 2.24) is 9.97 Å². The average Bonchev–Trinajstić information content (AvgIpc) is 2.68. The first-order chi connectivity index (χ1) is 12.2. The van der Waals surface area contributed by atoms with Crippen LogP contribution in [0.25, 0.3) is 21.5 Å². The van der Waals surface area contributed by atoms with Crippen molar-refractivity contribution in [2.75, 3.05) is 14.2 Å². The number of benzene rings is 2. The van der Waals surface area contributed by atoms with E-state index in [2.05, 4.69) is 9.97 Å². The number of rotatable bonds is 2. The van der Waals surface area contributed by atoms with Gasteiger partial charge in [0.1, 0.15) is 5.75 Å². The quantitative estimate of drug-likeness (QED) is 0.606. The largest absolute Gasteiger partial charge is 0.497 e. The molecule has 126 valence electrons. The van der Waals surface area contributed by atoms with Crippen molar-refractivity contribution < 1.29 is 9.47 Å². The Labute approximate surface area is 144 Å². The molecule has 4 rings (SSSR count). The maximum absolute atomic E-state index is 11.4. The normalized spacial score (nSPS) is 10.2. The van der Waals surface area contributed by atoms with Crippen LogP contribution in [0.1, 0.15) is 0 Å². The lowest BCUT2D eigenvalue weighted by Gasteiger charge is -2.00. The van der Waals surface area contributed by atoms with Crippen LogP contribution >= 0.6 is 0 Å². The van der Waals surface area contributed by atoms with Crippen molar-refractivity contribution in [3.05, 3.63) is 77.3 Å².